The first kappa shape index (κ1) is 32.0. The average Bonchev–Trinajstić information content (AvgIpc) is 3.62. The van der Waals surface area contributed by atoms with Crippen LogP contribution in [0.4, 0.5) is 17.1 Å². The molecular formula is C54H36N2. The lowest BCUT2D eigenvalue weighted by atomic mass is 9.94. The lowest BCUT2D eigenvalue weighted by Gasteiger charge is -2.27. The Morgan fingerprint density at radius 1 is 0.268 bits per heavy atom. The van der Waals surface area contributed by atoms with E-state index >= 15 is 0 Å². The van der Waals surface area contributed by atoms with Crippen LogP contribution in [0.5, 0.6) is 0 Å². The quantitative estimate of drug-likeness (QED) is 0.156. The highest BCUT2D eigenvalue weighted by Crippen LogP contribution is 2.42. The number of fused-ring (bicyclic) bond motifs is 9. The van der Waals surface area contributed by atoms with Gasteiger partial charge in [0.05, 0.1) is 16.7 Å². The normalized spacial score (nSPS) is 11.6. The van der Waals surface area contributed by atoms with Crippen molar-refractivity contribution in [3.8, 4) is 27.9 Å². The van der Waals surface area contributed by atoms with Gasteiger partial charge in [-0.3, -0.25) is 0 Å². The van der Waals surface area contributed by atoms with Crippen molar-refractivity contribution >= 4 is 71.2 Å². The van der Waals surface area contributed by atoms with E-state index in [1.54, 1.807) is 0 Å². The Morgan fingerprint density at radius 2 is 0.679 bits per heavy atom. The summed E-state index contributed by atoms with van der Waals surface area (Å²) in [5, 5.41) is 10.1. The maximum Gasteiger partial charge on any atom is 0.0541 e. The predicted molar refractivity (Wildman–Crippen MR) is 239 cm³/mol. The summed E-state index contributed by atoms with van der Waals surface area (Å²) in [5.41, 5.74) is 11.7. The van der Waals surface area contributed by atoms with Gasteiger partial charge in [0.2, 0.25) is 0 Å². The highest BCUT2D eigenvalue weighted by molar-refractivity contribution is 6.25. The fourth-order valence-electron chi connectivity index (χ4n) is 8.80. The predicted octanol–water partition coefficient (Wildman–Crippen LogP) is 15.0. The van der Waals surface area contributed by atoms with Gasteiger partial charge in [-0.1, -0.05) is 164 Å². The molecule has 0 saturated carbocycles. The maximum atomic E-state index is 2.41. The molecule has 0 spiro atoms. The van der Waals surface area contributed by atoms with Gasteiger partial charge in [-0.05, 0) is 104 Å². The monoisotopic (exact) mass is 712 g/mol. The molecule has 0 aliphatic heterocycles. The van der Waals surface area contributed by atoms with Crippen molar-refractivity contribution in [3.05, 3.63) is 218 Å². The van der Waals surface area contributed by atoms with Crippen molar-refractivity contribution in [1.29, 1.82) is 0 Å². The van der Waals surface area contributed by atoms with E-state index in [0.717, 1.165) is 17.1 Å². The smallest absolute Gasteiger partial charge is 0.0541 e. The highest BCUT2D eigenvalue weighted by Gasteiger charge is 2.18. The summed E-state index contributed by atoms with van der Waals surface area (Å²) in [5.74, 6) is 0. The summed E-state index contributed by atoms with van der Waals surface area (Å²) in [7, 11) is 0. The molecule has 1 heterocycles. The zero-order valence-electron chi connectivity index (χ0n) is 30.7. The molecule has 0 radical (unpaired) electrons. The molecule has 10 aromatic carbocycles. The second kappa shape index (κ2) is 13.2. The number of aromatic nitrogens is 1. The lowest BCUT2D eigenvalue weighted by Crippen LogP contribution is -2.10. The van der Waals surface area contributed by atoms with Gasteiger partial charge in [-0.25, -0.2) is 0 Å². The van der Waals surface area contributed by atoms with Crippen LogP contribution in [-0.2, 0) is 0 Å². The Kier molecular flexibility index (Phi) is 7.53. The number of hydrogen-bond acceptors (Lipinski definition) is 1. The van der Waals surface area contributed by atoms with Gasteiger partial charge in [0.1, 0.15) is 0 Å². The first-order valence-electron chi connectivity index (χ1n) is 19.3. The van der Waals surface area contributed by atoms with E-state index in [-0.39, 0.29) is 0 Å². The molecule has 56 heavy (non-hydrogen) atoms. The summed E-state index contributed by atoms with van der Waals surface area (Å²) >= 11 is 0. The molecule has 11 aromatic rings. The Hall–Kier alpha value is -7.42. The Bertz CT molecular complexity index is 3140. The van der Waals surface area contributed by atoms with Crippen molar-refractivity contribution in [2.45, 2.75) is 0 Å². The minimum atomic E-state index is 1.10. The molecule has 0 N–H and O–H groups in total. The van der Waals surface area contributed by atoms with Gasteiger partial charge in [-0.15, -0.1) is 0 Å². The minimum absolute atomic E-state index is 1.10. The van der Waals surface area contributed by atoms with Crippen molar-refractivity contribution in [2.75, 3.05) is 4.90 Å². The van der Waals surface area contributed by atoms with Gasteiger partial charge >= 0.3 is 0 Å². The highest BCUT2D eigenvalue weighted by atomic mass is 15.1. The molecule has 262 valence electrons. The molecule has 0 aliphatic carbocycles. The molecule has 0 atom stereocenters. The van der Waals surface area contributed by atoms with Crippen molar-refractivity contribution < 1.29 is 0 Å². The van der Waals surface area contributed by atoms with E-state index in [4.69, 9.17) is 0 Å². The summed E-state index contributed by atoms with van der Waals surface area (Å²) in [6.45, 7) is 0. The standard InChI is InChI=1S/C54H36N2/c1-2-14-37(15-3-1)38-26-30-40(31-27-38)55(42-34-35-48-46-19-5-4-17-44(46)45-18-6-7-20-47(45)51(48)36-42)41-32-28-39(29-33-41)43-16-8-11-23-52(43)56-53-24-12-9-21-49(53)50-22-10-13-25-54(50)56/h1-36H. The van der Waals surface area contributed by atoms with Crippen LogP contribution in [0.3, 0.4) is 0 Å². The van der Waals surface area contributed by atoms with Crippen LogP contribution in [0.15, 0.2) is 218 Å². The molecule has 0 aliphatic rings. The molecule has 0 saturated heterocycles. The summed E-state index contributed by atoms with van der Waals surface area (Å²) < 4.78 is 2.41. The van der Waals surface area contributed by atoms with Gasteiger partial charge in [0, 0.05) is 33.4 Å². The molecule has 2 heteroatoms. The third-order valence-corrected chi connectivity index (χ3v) is 11.4. The Morgan fingerprint density at radius 3 is 1.27 bits per heavy atom. The van der Waals surface area contributed by atoms with Crippen LogP contribution in [0, 0.1) is 0 Å². The number of rotatable bonds is 6. The van der Waals surface area contributed by atoms with Crippen LogP contribution in [0.2, 0.25) is 0 Å². The van der Waals surface area contributed by atoms with Crippen LogP contribution < -0.4 is 4.90 Å². The van der Waals surface area contributed by atoms with Gasteiger partial charge in [-0.2, -0.15) is 0 Å². The SMILES string of the molecule is c1ccc(-c2ccc(N(c3ccc(-c4ccccc4-n4c5ccccc5c5ccccc54)cc3)c3ccc4c5ccccc5c5ccccc5c4c3)cc2)cc1. The van der Waals surface area contributed by atoms with Crippen molar-refractivity contribution in [2.24, 2.45) is 0 Å². The molecule has 1 aromatic heterocycles. The van der Waals surface area contributed by atoms with Crippen LogP contribution >= 0.6 is 0 Å². The number of hydrogen-bond donors (Lipinski definition) is 0. The van der Waals surface area contributed by atoms with E-state index in [1.165, 1.54) is 82.1 Å². The second-order valence-corrected chi connectivity index (χ2v) is 14.5. The largest absolute Gasteiger partial charge is 0.310 e. The summed E-state index contributed by atoms with van der Waals surface area (Å²) in [4.78, 5) is 2.39. The zero-order chi connectivity index (χ0) is 37.0. The van der Waals surface area contributed by atoms with Crippen LogP contribution in [-0.4, -0.2) is 4.57 Å². The zero-order valence-corrected chi connectivity index (χ0v) is 30.7. The number of nitrogens with zero attached hydrogens (tertiary/aromatic N) is 2. The molecule has 11 rings (SSSR count). The van der Waals surface area contributed by atoms with Gasteiger partial charge in [0.25, 0.3) is 0 Å². The van der Waals surface area contributed by atoms with Gasteiger partial charge in [0.15, 0.2) is 0 Å². The lowest BCUT2D eigenvalue weighted by molar-refractivity contribution is 1.18. The molecule has 2 nitrogen and oxygen atoms in total. The third kappa shape index (κ3) is 5.19. The van der Waals surface area contributed by atoms with Crippen molar-refractivity contribution in [3.63, 3.8) is 0 Å². The van der Waals surface area contributed by atoms with Crippen LogP contribution in [0.25, 0.3) is 82.1 Å². The number of para-hydroxylation sites is 3. The van der Waals surface area contributed by atoms with E-state index < -0.39 is 0 Å². The van der Waals surface area contributed by atoms with Gasteiger partial charge < -0.3 is 9.47 Å². The fourth-order valence-corrected chi connectivity index (χ4v) is 8.80. The summed E-state index contributed by atoms with van der Waals surface area (Å²) in [6.07, 6.45) is 0. The maximum absolute atomic E-state index is 2.41. The Labute approximate surface area is 325 Å². The topological polar surface area (TPSA) is 8.17 Å². The molecular weight excluding hydrogens is 677 g/mol. The molecule has 0 amide bonds. The third-order valence-electron chi connectivity index (χ3n) is 11.4. The van der Waals surface area contributed by atoms with Crippen molar-refractivity contribution in [1.82, 2.24) is 4.57 Å². The molecule has 0 fully saturated rings. The minimum Gasteiger partial charge on any atom is -0.310 e. The van der Waals surface area contributed by atoms with Crippen LogP contribution in [0.1, 0.15) is 0 Å². The number of anilines is 3. The number of benzene rings is 10. The van der Waals surface area contributed by atoms with E-state index in [1.807, 2.05) is 0 Å². The fraction of sp³-hybridized carbons (Fsp3) is 0. The second-order valence-electron chi connectivity index (χ2n) is 14.5. The summed E-state index contributed by atoms with van der Waals surface area (Å²) in [6, 6.07) is 79.4. The first-order valence-corrected chi connectivity index (χ1v) is 19.3. The average molecular weight is 713 g/mol. The molecule has 0 unspecified atom stereocenters. The first-order chi connectivity index (χ1) is 27.8. The van der Waals surface area contributed by atoms with E-state index in [9.17, 15) is 0 Å². The Balaban J connectivity index is 1.07. The van der Waals surface area contributed by atoms with E-state index in [0.29, 0.717) is 0 Å². The molecule has 0 bridgehead atoms. The van der Waals surface area contributed by atoms with E-state index in [2.05, 4.69) is 228 Å².